The van der Waals surface area contributed by atoms with Gasteiger partial charge in [-0.15, -0.1) is 0 Å². The van der Waals surface area contributed by atoms with Crippen LogP contribution in [0.1, 0.15) is 25.3 Å². The lowest BCUT2D eigenvalue weighted by atomic mass is 9.98. The summed E-state index contributed by atoms with van der Waals surface area (Å²) < 4.78 is 13.8. The van der Waals surface area contributed by atoms with Crippen LogP contribution in [0.15, 0.2) is 30.3 Å². The number of benzene rings is 1. The summed E-state index contributed by atoms with van der Waals surface area (Å²) >= 11 is 0. The molecule has 0 unspecified atom stereocenters. The van der Waals surface area contributed by atoms with Crippen molar-refractivity contribution in [3.8, 4) is 0 Å². The molecule has 4 heteroatoms. The van der Waals surface area contributed by atoms with Gasteiger partial charge in [-0.3, -0.25) is 9.69 Å². The van der Waals surface area contributed by atoms with Crippen LogP contribution in [-0.4, -0.2) is 48.9 Å². The minimum Gasteiger partial charge on any atom is -0.337 e. The molecule has 114 valence electrons. The first-order chi connectivity index (χ1) is 10.0. The second-order valence-electron chi connectivity index (χ2n) is 5.63. The van der Waals surface area contributed by atoms with Crippen LogP contribution >= 0.6 is 0 Å². The van der Waals surface area contributed by atoms with E-state index in [1.54, 1.807) is 12.1 Å². The average molecular weight is 290 g/mol. The number of hydrogen-bond acceptors (Lipinski definition) is 2. The van der Waals surface area contributed by atoms with Crippen molar-refractivity contribution in [3.05, 3.63) is 41.7 Å². The number of halogens is 1. The van der Waals surface area contributed by atoms with E-state index in [-0.39, 0.29) is 17.8 Å². The Kier molecular flexibility index (Phi) is 5.12. The number of carbonyl (C=O) groups excluding carboxylic acids is 1. The summed E-state index contributed by atoms with van der Waals surface area (Å²) in [6.07, 6.45) is 3.48. The van der Waals surface area contributed by atoms with E-state index in [1.807, 2.05) is 43.0 Å². The van der Waals surface area contributed by atoms with Crippen LogP contribution in [0.5, 0.6) is 0 Å². The highest BCUT2D eigenvalue weighted by Gasteiger charge is 2.26. The summed E-state index contributed by atoms with van der Waals surface area (Å²) in [7, 11) is 3.85. The second kappa shape index (κ2) is 6.85. The van der Waals surface area contributed by atoms with Gasteiger partial charge in [0.2, 0.25) is 5.91 Å². The molecule has 1 aliphatic rings. The first kappa shape index (κ1) is 15.7. The van der Waals surface area contributed by atoms with Crippen molar-refractivity contribution in [3.63, 3.8) is 0 Å². The first-order valence-electron chi connectivity index (χ1n) is 7.43. The van der Waals surface area contributed by atoms with Crippen LogP contribution in [0, 0.1) is 5.82 Å². The van der Waals surface area contributed by atoms with Crippen LogP contribution in [0.3, 0.4) is 0 Å². The Labute approximate surface area is 126 Å². The van der Waals surface area contributed by atoms with Gasteiger partial charge in [-0.2, -0.15) is 0 Å². The zero-order valence-electron chi connectivity index (χ0n) is 13.0. The predicted octanol–water partition coefficient (Wildman–Crippen LogP) is 2.78. The molecule has 1 aliphatic heterocycles. The topological polar surface area (TPSA) is 23.6 Å². The van der Waals surface area contributed by atoms with Crippen molar-refractivity contribution in [2.24, 2.45) is 0 Å². The molecule has 0 bridgehead atoms. The number of hydrogen-bond donors (Lipinski definition) is 0. The van der Waals surface area contributed by atoms with Crippen molar-refractivity contribution >= 4 is 11.5 Å². The van der Waals surface area contributed by atoms with Gasteiger partial charge in [0.15, 0.2) is 0 Å². The smallest absolute Gasteiger partial charge is 0.240 e. The number of rotatable bonds is 4. The molecule has 0 N–H and O–H groups in total. The molecule has 1 atom stereocenters. The lowest BCUT2D eigenvalue weighted by Gasteiger charge is -2.32. The molecule has 3 nitrogen and oxygen atoms in total. The van der Waals surface area contributed by atoms with Crippen molar-refractivity contribution in [1.82, 2.24) is 9.80 Å². The van der Waals surface area contributed by atoms with Gasteiger partial charge in [0, 0.05) is 18.7 Å². The number of nitrogens with zero attached hydrogens (tertiary/aromatic N) is 2. The summed E-state index contributed by atoms with van der Waals surface area (Å²) in [5.74, 6) is -0.0328. The van der Waals surface area contributed by atoms with Crippen molar-refractivity contribution in [2.45, 2.75) is 25.8 Å². The Morgan fingerprint density at radius 3 is 2.62 bits per heavy atom. The first-order valence-corrected chi connectivity index (χ1v) is 7.43. The molecule has 0 radical (unpaired) electrons. The maximum absolute atomic E-state index is 13.8. The molecule has 1 heterocycles. The lowest BCUT2D eigenvalue weighted by Crippen LogP contribution is -2.47. The van der Waals surface area contributed by atoms with E-state index in [0.29, 0.717) is 25.1 Å². The van der Waals surface area contributed by atoms with Crippen LogP contribution in [0.2, 0.25) is 0 Å². The van der Waals surface area contributed by atoms with Crippen molar-refractivity contribution < 1.29 is 9.18 Å². The van der Waals surface area contributed by atoms with E-state index in [1.165, 1.54) is 6.07 Å². The summed E-state index contributed by atoms with van der Waals surface area (Å²) in [4.78, 5) is 16.3. The second-order valence-corrected chi connectivity index (χ2v) is 5.63. The maximum atomic E-state index is 13.8. The van der Waals surface area contributed by atoms with E-state index < -0.39 is 0 Å². The summed E-state index contributed by atoms with van der Waals surface area (Å²) in [6.45, 7) is 3.24. The molecule has 1 aromatic rings. The highest BCUT2D eigenvalue weighted by molar-refractivity contribution is 5.83. The van der Waals surface area contributed by atoms with Crippen molar-refractivity contribution in [1.29, 1.82) is 0 Å². The molecule has 0 aromatic heterocycles. The summed E-state index contributed by atoms with van der Waals surface area (Å²) in [5.41, 5.74) is 1.65. The fourth-order valence-corrected chi connectivity index (χ4v) is 2.81. The van der Waals surface area contributed by atoms with Crippen LogP contribution < -0.4 is 0 Å². The molecule has 1 amide bonds. The Bertz CT molecular complexity index is 539. The van der Waals surface area contributed by atoms with Gasteiger partial charge in [0.25, 0.3) is 0 Å². The van der Waals surface area contributed by atoms with Gasteiger partial charge < -0.3 is 4.90 Å². The van der Waals surface area contributed by atoms with Gasteiger partial charge in [-0.05, 0) is 38.6 Å². The minimum atomic E-state index is -0.191. The monoisotopic (exact) mass is 290 g/mol. The van der Waals surface area contributed by atoms with Crippen LogP contribution in [-0.2, 0) is 4.79 Å². The Morgan fingerprint density at radius 2 is 2.10 bits per heavy atom. The predicted molar refractivity (Wildman–Crippen MR) is 83.3 cm³/mol. The van der Waals surface area contributed by atoms with Gasteiger partial charge >= 0.3 is 0 Å². The quantitative estimate of drug-likeness (QED) is 0.851. The van der Waals surface area contributed by atoms with E-state index in [9.17, 15) is 9.18 Å². The lowest BCUT2D eigenvalue weighted by molar-refractivity contribution is -0.135. The average Bonchev–Trinajstić information content (AvgIpc) is 2.48. The highest BCUT2D eigenvalue weighted by Crippen LogP contribution is 2.25. The zero-order chi connectivity index (χ0) is 15.4. The van der Waals surface area contributed by atoms with Crippen LogP contribution in [0.4, 0.5) is 4.39 Å². The van der Waals surface area contributed by atoms with Gasteiger partial charge in [-0.25, -0.2) is 4.39 Å². The zero-order valence-corrected chi connectivity index (χ0v) is 13.0. The fourth-order valence-electron chi connectivity index (χ4n) is 2.81. The fraction of sp³-hybridized carbons (Fsp3) is 0.471. The Morgan fingerprint density at radius 1 is 1.38 bits per heavy atom. The Balaban J connectivity index is 2.08. The molecular weight excluding hydrogens is 267 g/mol. The molecule has 0 saturated carbocycles. The van der Waals surface area contributed by atoms with Gasteiger partial charge in [-0.1, -0.05) is 31.2 Å². The molecule has 21 heavy (non-hydrogen) atoms. The van der Waals surface area contributed by atoms with Gasteiger partial charge in [0.05, 0.1) is 6.04 Å². The third-order valence-corrected chi connectivity index (χ3v) is 4.04. The summed E-state index contributed by atoms with van der Waals surface area (Å²) in [5, 5.41) is 0. The molecule has 0 fully saturated rings. The van der Waals surface area contributed by atoms with E-state index >= 15 is 0 Å². The molecule has 1 aromatic carbocycles. The molecule has 0 aliphatic carbocycles. The Hall–Kier alpha value is -1.68. The molecular formula is C17H23FN2O. The normalized spacial score (nSPS) is 16.8. The van der Waals surface area contributed by atoms with E-state index in [2.05, 4.69) is 0 Å². The third kappa shape index (κ3) is 3.50. The standard InChI is InChI=1S/C17H23FN2O/c1-4-16(19(2)3)17(21)20-11-9-13(10-12-20)14-7-5-6-8-15(14)18/h5-9,16H,4,10-12H2,1-3H3/t16-/m1/s1. The van der Waals surface area contributed by atoms with Crippen LogP contribution in [0.25, 0.3) is 5.57 Å². The SMILES string of the molecule is CC[C@H](C(=O)N1CC=C(c2ccccc2F)CC1)N(C)C. The largest absolute Gasteiger partial charge is 0.337 e. The molecule has 2 rings (SSSR count). The summed E-state index contributed by atoms with van der Waals surface area (Å²) in [6, 6.07) is 6.74. The minimum absolute atomic E-state index is 0.0755. The number of amides is 1. The van der Waals surface area contributed by atoms with E-state index in [4.69, 9.17) is 0 Å². The number of carbonyl (C=O) groups is 1. The number of likely N-dealkylation sites (N-methyl/N-ethyl adjacent to an activating group) is 1. The highest BCUT2D eigenvalue weighted by atomic mass is 19.1. The van der Waals surface area contributed by atoms with E-state index in [0.717, 1.165) is 12.0 Å². The third-order valence-electron chi connectivity index (χ3n) is 4.04. The molecule has 0 saturated heterocycles. The molecule has 0 spiro atoms. The maximum Gasteiger partial charge on any atom is 0.240 e. The van der Waals surface area contributed by atoms with Gasteiger partial charge in [0.1, 0.15) is 5.82 Å². The van der Waals surface area contributed by atoms with Crippen molar-refractivity contribution in [2.75, 3.05) is 27.2 Å².